The number of aryl methyl sites for hydroxylation is 1. The monoisotopic (exact) mass is 562 g/mol. The molecule has 0 saturated heterocycles. The summed E-state index contributed by atoms with van der Waals surface area (Å²) in [4.78, 5) is 20.8. The molecule has 1 atom stereocenters. The summed E-state index contributed by atoms with van der Waals surface area (Å²) in [7, 11) is 4.17. The quantitative estimate of drug-likeness (QED) is 0.242. The standard InChI is InChI=1S/C26H23F5N6O3/c1-37-11-17(26(29,30)31)35-23(37)15-8-6-14(7-9-15)20(21(27)28)40-24-16(38-2)10-32-22(36-24)18-19(13-4-5-13)33-12-34-25(18)39-3/h6-13,20-21H,4-5H2,1-3H3/t20-/m1/s1. The number of benzene rings is 1. The summed E-state index contributed by atoms with van der Waals surface area (Å²) in [6.07, 6.45) is -4.01. The van der Waals surface area contributed by atoms with Crippen LogP contribution in [0.25, 0.3) is 22.8 Å². The van der Waals surface area contributed by atoms with Gasteiger partial charge in [0.2, 0.25) is 5.88 Å². The van der Waals surface area contributed by atoms with Gasteiger partial charge in [-0.1, -0.05) is 24.3 Å². The van der Waals surface area contributed by atoms with E-state index in [-0.39, 0.29) is 40.6 Å². The summed E-state index contributed by atoms with van der Waals surface area (Å²) in [5, 5.41) is 0. The molecule has 210 valence electrons. The van der Waals surface area contributed by atoms with Crippen molar-refractivity contribution in [3.05, 3.63) is 59.9 Å². The fourth-order valence-electron chi connectivity index (χ4n) is 4.19. The van der Waals surface area contributed by atoms with Crippen LogP contribution in [0.2, 0.25) is 0 Å². The first-order valence-corrected chi connectivity index (χ1v) is 12.1. The number of hydrogen-bond acceptors (Lipinski definition) is 8. The number of nitrogens with zero attached hydrogens (tertiary/aromatic N) is 6. The van der Waals surface area contributed by atoms with Gasteiger partial charge in [0.05, 0.1) is 26.1 Å². The average Bonchev–Trinajstić information content (AvgIpc) is 3.71. The Hall–Kier alpha value is -4.36. The maximum absolute atomic E-state index is 14.3. The number of ether oxygens (including phenoxy) is 3. The highest BCUT2D eigenvalue weighted by atomic mass is 19.4. The first kappa shape index (κ1) is 27.2. The van der Waals surface area contributed by atoms with Crippen molar-refractivity contribution >= 4 is 0 Å². The Kier molecular flexibility index (Phi) is 7.25. The lowest BCUT2D eigenvalue weighted by atomic mass is 10.1. The van der Waals surface area contributed by atoms with Crippen LogP contribution in [0.5, 0.6) is 17.5 Å². The van der Waals surface area contributed by atoms with Crippen LogP contribution >= 0.6 is 0 Å². The molecule has 0 amide bonds. The van der Waals surface area contributed by atoms with E-state index in [4.69, 9.17) is 14.2 Å². The largest absolute Gasteiger partial charge is 0.490 e. The van der Waals surface area contributed by atoms with Crippen LogP contribution in [0.3, 0.4) is 0 Å². The van der Waals surface area contributed by atoms with Crippen LogP contribution in [-0.4, -0.2) is 50.1 Å². The molecule has 9 nitrogen and oxygen atoms in total. The Labute approximate surface area is 225 Å². The third-order valence-corrected chi connectivity index (χ3v) is 6.30. The van der Waals surface area contributed by atoms with Crippen molar-refractivity contribution in [3.8, 4) is 40.3 Å². The van der Waals surface area contributed by atoms with Gasteiger partial charge in [-0.15, -0.1) is 0 Å². The molecule has 1 saturated carbocycles. The highest BCUT2D eigenvalue weighted by molar-refractivity contribution is 5.66. The summed E-state index contributed by atoms with van der Waals surface area (Å²) < 4.78 is 85.2. The summed E-state index contributed by atoms with van der Waals surface area (Å²) in [5.41, 5.74) is 0.434. The van der Waals surface area contributed by atoms with Crippen LogP contribution in [-0.2, 0) is 13.2 Å². The minimum Gasteiger partial charge on any atom is -0.490 e. The van der Waals surface area contributed by atoms with Crippen LogP contribution in [0.4, 0.5) is 22.0 Å². The molecule has 0 N–H and O–H groups in total. The van der Waals surface area contributed by atoms with Crippen molar-refractivity contribution in [1.29, 1.82) is 0 Å². The first-order chi connectivity index (χ1) is 19.1. The van der Waals surface area contributed by atoms with Gasteiger partial charge in [-0.25, -0.2) is 28.7 Å². The number of alkyl halides is 5. The smallest absolute Gasteiger partial charge is 0.434 e. The molecule has 0 aliphatic heterocycles. The van der Waals surface area contributed by atoms with Gasteiger partial charge in [-0.05, 0) is 18.4 Å². The van der Waals surface area contributed by atoms with Crippen LogP contribution in [0, 0.1) is 0 Å². The van der Waals surface area contributed by atoms with Gasteiger partial charge in [-0.2, -0.15) is 18.2 Å². The number of hydrogen-bond donors (Lipinski definition) is 0. The molecular formula is C26H23F5N6O3. The zero-order chi connectivity index (χ0) is 28.6. The van der Waals surface area contributed by atoms with Gasteiger partial charge in [0.25, 0.3) is 12.3 Å². The summed E-state index contributed by atoms with van der Waals surface area (Å²) in [5.74, 6) is 0.336. The van der Waals surface area contributed by atoms with E-state index in [1.54, 1.807) is 0 Å². The predicted molar refractivity (Wildman–Crippen MR) is 131 cm³/mol. The van der Waals surface area contributed by atoms with E-state index in [0.29, 0.717) is 16.8 Å². The third-order valence-electron chi connectivity index (χ3n) is 6.30. The maximum atomic E-state index is 14.3. The van der Waals surface area contributed by atoms with E-state index < -0.39 is 24.4 Å². The Morgan fingerprint density at radius 2 is 1.68 bits per heavy atom. The number of halogens is 5. The molecule has 4 aromatic rings. The lowest BCUT2D eigenvalue weighted by Crippen LogP contribution is -2.18. The minimum absolute atomic E-state index is 0.0162. The Morgan fingerprint density at radius 1 is 0.950 bits per heavy atom. The number of rotatable bonds is 9. The van der Waals surface area contributed by atoms with Crippen molar-refractivity contribution in [1.82, 2.24) is 29.5 Å². The molecule has 1 fully saturated rings. The van der Waals surface area contributed by atoms with Crippen LogP contribution in [0.15, 0.2) is 43.0 Å². The normalized spacial score (nSPS) is 14.3. The lowest BCUT2D eigenvalue weighted by molar-refractivity contribution is -0.140. The van der Waals surface area contributed by atoms with Gasteiger partial charge in [-0.3, -0.25) is 0 Å². The summed E-state index contributed by atoms with van der Waals surface area (Å²) >= 11 is 0. The molecule has 0 spiro atoms. The summed E-state index contributed by atoms with van der Waals surface area (Å²) in [6.45, 7) is 0. The Balaban J connectivity index is 1.47. The van der Waals surface area contributed by atoms with E-state index in [9.17, 15) is 22.0 Å². The molecule has 3 heterocycles. The first-order valence-electron chi connectivity index (χ1n) is 12.1. The van der Waals surface area contributed by atoms with Crippen molar-refractivity contribution in [3.63, 3.8) is 0 Å². The molecular weight excluding hydrogens is 539 g/mol. The zero-order valence-corrected chi connectivity index (χ0v) is 21.5. The van der Waals surface area contributed by atoms with Crippen LogP contribution in [0.1, 0.15) is 41.8 Å². The number of imidazole rings is 1. The van der Waals surface area contributed by atoms with E-state index in [1.807, 2.05) is 0 Å². The second-order valence-electron chi connectivity index (χ2n) is 9.04. The number of methoxy groups -OCH3 is 2. The Bertz CT molecular complexity index is 1510. The Morgan fingerprint density at radius 3 is 2.25 bits per heavy atom. The molecule has 3 aromatic heterocycles. The van der Waals surface area contributed by atoms with Crippen molar-refractivity contribution < 1.29 is 36.2 Å². The molecule has 40 heavy (non-hydrogen) atoms. The van der Waals surface area contributed by atoms with Gasteiger partial charge in [0.15, 0.2) is 23.4 Å². The SMILES string of the molecule is COc1cnc(-c2c(OC)ncnc2C2CC2)nc1O[C@H](c1ccc(-c2nc(C(F)(F)F)cn2C)cc1)C(F)F. The van der Waals surface area contributed by atoms with Crippen molar-refractivity contribution in [2.24, 2.45) is 7.05 Å². The van der Waals surface area contributed by atoms with Crippen molar-refractivity contribution in [2.75, 3.05) is 14.2 Å². The third kappa shape index (κ3) is 5.38. The average molecular weight is 562 g/mol. The van der Waals surface area contributed by atoms with Gasteiger partial charge < -0.3 is 18.8 Å². The number of aromatic nitrogens is 6. The molecule has 0 bridgehead atoms. The highest BCUT2D eigenvalue weighted by Crippen LogP contribution is 2.45. The topological polar surface area (TPSA) is 97.1 Å². The predicted octanol–water partition coefficient (Wildman–Crippen LogP) is 5.63. The molecule has 5 rings (SSSR count). The lowest BCUT2D eigenvalue weighted by Gasteiger charge is -2.20. The second kappa shape index (κ2) is 10.7. The van der Waals surface area contributed by atoms with Crippen molar-refractivity contribution in [2.45, 2.75) is 37.5 Å². The molecule has 0 unspecified atom stereocenters. The second-order valence-corrected chi connectivity index (χ2v) is 9.04. The van der Waals surface area contributed by atoms with Gasteiger partial charge in [0.1, 0.15) is 17.7 Å². The summed E-state index contributed by atoms with van der Waals surface area (Å²) in [6, 6.07) is 5.46. The van der Waals surface area contributed by atoms with E-state index in [2.05, 4.69) is 24.9 Å². The van der Waals surface area contributed by atoms with Crippen LogP contribution < -0.4 is 14.2 Å². The molecule has 14 heteroatoms. The van der Waals surface area contributed by atoms with E-state index in [0.717, 1.165) is 19.0 Å². The van der Waals surface area contributed by atoms with E-state index in [1.165, 1.54) is 62.6 Å². The molecule has 1 aromatic carbocycles. The highest BCUT2D eigenvalue weighted by Gasteiger charge is 2.35. The fourth-order valence-corrected chi connectivity index (χ4v) is 4.19. The zero-order valence-electron chi connectivity index (χ0n) is 21.5. The molecule has 0 radical (unpaired) electrons. The fraction of sp³-hybridized carbons (Fsp3) is 0.346. The molecule has 1 aliphatic carbocycles. The van der Waals surface area contributed by atoms with Gasteiger partial charge >= 0.3 is 6.18 Å². The minimum atomic E-state index is -4.62. The maximum Gasteiger partial charge on any atom is 0.434 e. The van der Waals surface area contributed by atoms with Gasteiger partial charge in [0, 0.05) is 24.7 Å². The molecule has 1 aliphatic rings. The van der Waals surface area contributed by atoms with E-state index >= 15 is 0 Å².